The Bertz CT molecular complexity index is 3680. The van der Waals surface area contributed by atoms with Crippen molar-refractivity contribution in [3.63, 3.8) is 0 Å². The monoisotopic (exact) mass is 1320 g/mol. The molecule has 11 rings (SSSR count). The van der Waals surface area contributed by atoms with Gasteiger partial charge < -0.3 is 80.0 Å². The highest BCUT2D eigenvalue weighted by atomic mass is 16.6. The molecule has 8 amide bonds. The number of aliphatic hydroxyl groups excluding tert-OH is 1. The van der Waals surface area contributed by atoms with Crippen molar-refractivity contribution in [2.45, 2.75) is 128 Å². The standard InChI is InChI=1S/C71H85N9O16/c1-41(2)63(77-62(82)36-73-61(81)35-74-69(88)95-39-53-49-14-10-7-8-11-15-50(49)53)65(84)75-42(3)64(83)76-46-20-16-43(17-21-46)38-96-70(89)80-55-32-60(58(92-6)30-52(55)67(86)79-40-71(24-25-71)33-56(79)68(80)87)94-27-13-9-12-26-93-59-31-54-51(29-57(59)91-5)66(85)78-37-45(28-47(78)34-72-54)44-18-22-48(90-4)23-19-44/h16-23,29-32,37,41-42,47,49-50,53,56,63,68,72,87H,9-15,24-28,33-36,38-40H2,1-6H3,(H,73,81)(H,74,88)(H,75,84)(H,76,83)(H,77,82)/t42-,47-,49-,50+,53?,56-,63-,68?/m0/s1. The number of nitrogens with one attached hydrogen (secondary N) is 6. The van der Waals surface area contributed by atoms with Gasteiger partial charge in [0, 0.05) is 50.0 Å². The van der Waals surface area contributed by atoms with Gasteiger partial charge in [-0.15, -0.1) is 11.8 Å². The fourth-order valence-corrected chi connectivity index (χ4v) is 13.5. The van der Waals surface area contributed by atoms with Crippen molar-refractivity contribution in [3.8, 4) is 40.6 Å². The third-order valence-corrected chi connectivity index (χ3v) is 19.2. The summed E-state index contributed by atoms with van der Waals surface area (Å²) < 4.78 is 40.6. The smallest absolute Gasteiger partial charge is 0.416 e. The Kier molecular flexibility index (Phi) is 21.1. The minimum atomic E-state index is -1.47. The van der Waals surface area contributed by atoms with Crippen LogP contribution < -0.4 is 60.5 Å². The second-order valence-corrected chi connectivity index (χ2v) is 26.1. The first-order chi connectivity index (χ1) is 46.3. The van der Waals surface area contributed by atoms with Crippen LogP contribution in [0.4, 0.5) is 26.7 Å². The van der Waals surface area contributed by atoms with E-state index in [1.165, 1.54) is 33.3 Å². The van der Waals surface area contributed by atoms with Gasteiger partial charge in [0.05, 0.1) is 82.3 Å². The van der Waals surface area contributed by atoms with Gasteiger partial charge in [-0.2, -0.15) is 0 Å². The van der Waals surface area contributed by atoms with Crippen LogP contribution in [0.2, 0.25) is 0 Å². The summed E-state index contributed by atoms with van der Waals surface area (Å²) in [6.07, 6.45) is 7.45. The number of aliphatic hydroxyl groups is 1. The van der Waals surface area contributed by atoms with E-state index in [2.05, 4.69) is 43.7 Å². The van der Waals surface area contributed by atoms with Crippen molar-refractivity contribution in [3.05, 3.63) is 101 Å². The van der Waals surface area contributed by atoms with Crippen molar-refractivity contribution in [2.75, 3.05) is 82.9 Å². The van der Waals surface area contributed by atoms with Crippen LogP contribution in [0.3, 0.4) is 0 Å². The van der Waals surface area contributed by atoms with Gasteiger partial charge >= 0.3 is 12.2 Å². The highest BCUT2D eigenvalue weighted by Gasteiger charge is 2.58. The molecule has 8 atom stereocenters. The summed E-state index contributed by atoms with van der Waals surface area (Å²) in [6.45, 7) is 5.62. The summed E-state index contributed by atoms with van der Waals surface area (Å²) in [5, 5.41) is 28.5. The molecule has 4 aromatic rings. The molecule has 510 valence electrons. The molecule has 4 aromatic carbocycles. The molecule has 7 N–H and O–H groups in total. The average molecular weight is 1320 g/mol. The highest BCUT2D eigenvalue weighted by molar-refractivity contribution is 6.06. The molecule has 4 heterocycles. The number of ether oxygens (including phenoxy) is 7. The molecule has 2 unspecified atom stereocenters. The minimum Gasteiger partial charge on any atom is -0.497 e. The molecule has 0 aromatic heterocycles. The van der Waals surface area contributed by atoms with Gasteiger partial charge in [0.15, 0.2) is 29.2 Å². The number of anilines is 3. The number of unbranched alkanes of at least 4 members (excludes halogenated alkanes) is 2. The summed E-state index contributed by atoms with van der Waals surface area (Å²) in [7, 11) is 4.63. The third kappa shape index (κ3) is 15.7. The summed E-state index contributed by atoms with van der Waals surface area (Å²) in [5.41, 5.74) is 4.26. The lowest BCUT2D eigenvalue weighted by Crippen LogP contribution is -2.55. The summed E-state index contributed by atoms with van der Waals surface area (Å²) in [6, 6.07) is 18.0. The first-order valence-electron chi connectivity index (χ1n) is 33.0. The van der Waals surface area contributed by atoms with Gasteiger partial charge in [-0.25, -0.2) is 14.5 Å². The molecule has 0 radical (unpaired) electrons. The van der Waals surface area contributed by atoms with Gasteiger partial charge in [-0.3, -0.25) is 28.8 Å². The number of fused-ring (bicyclic) bond motifs is 5. The second-order valence-electron chi connectivity index (χ2n) is 26.1. The van der Waals surface area contributed by atoms with E-state index in [4.69, 9.17) is 33.2 Å². The summed E-state index contributed by atoms with van der Waals surface area (Å²) in [4.78, 5) is 112. The number of rotatable bonds is 26. The van der Waals surface area contributed by atoms with Crippen LogP contribution in [-0.4, -0.2) is 160 Å². The Labute approximate surface area is 557 Å². The summed E-state index contributed by atoms with van der Waals surface area (Å²) in [5.74, 6) is 6.45. The van der Waals surface area contributed by atoms with E-state index in [1.54, 1.807) is 61.1 Å². The van der Waals surface area contributed by atoms with Crippen LogP contribution in [-0.2, 0) is 35.3 Å². The number of benzene rings is 4. The zero-order valence-corrected chi connectivity index (χ0v) is 55.0. The van der Waals surface area contributed by atoms with Crippen LogP contribution in [0, 0.1) is 40.9 Å². The lowest BCUT2D eigenvalue weighted by Gasteiger charge is -2.31. The third-order valence-electron chi connectivity index (χ3n) is 19.2. The molecule has 25 heteroatoms. The lowest BCUT2D eigenvalue weighted by molar-refractivity contribution is -0.132. The molecule has 7 aliphatic rings. The van der Waals surface area contributed by atoms with Gasteiger partial charge in [0.2, 0.25) is 23.6 Å². The van der Waals surface area contributed by atoms with E-state index in [1.807, 2.05) is 36.5 Å². The zero-order chi connectivity index (χ0) is 67.8. The van der Waals surface area contributed by atoms with Crippen molar-refractivity contribution >= 4 is 70.3 Å². The van der Waals surface area contributed by atoms with E-state index in [0.717, 1.165) is 60.3 Å². The first kappa shape index (κ1) is 67.7. The van der Waals surface area contributed by atoms with Crippen LogP contribution in [0.25, 0.3) is 5.57 Å². The molecular weight excluding hydrogens is 1230 g/mol. The van der Waals surface area contributed by atoms with Crippen LogP contribution >= 0.6 is 0 Å². The van der Waals surface area contributed by atoms with E-state index < -0.39 is 79.2 Å². The molecule has 1 spiro atoms. The largest absolute Gasteiger partial charge is 0.497 e. The topological polar surface area (TPSA) is 303 Å². The fraction of sp³-hybridized carbons (Fsp3) is 0.493. The Morgan fingerprint density at radius 2 is 1.40 bits per heavy atom. The molecule has 25 nitrogen and oxygen atoms in total. The number of hydrogen-bond acceptors (Lipinski definition) is 17. The normalized spacial score (nSPS) is 21.3. The Morgan fingerprint density at radius 3 is 2.05 bits per heavy atom. The van der Waals surface area contributed by atoms with Crippen LogP contribution in [0.1, 0.15) is 123 Å². The maximum Gasteiger partial charge on any atom is 0.416 e. The number of methoxy groups -OCH3 is 3. The van der Waals surface area contributed by atoms with Crippen molar-refractivity contribution in [2.24, 2.45) is 29.1 Å². The molecule has 96 heavy (non-hydrogen) atoms. The number of amides is 8. The first-order valence-corrected chi connectivity index (χ1v) is 33.0. The van der Waals surface area contributed by atoms with Gasteiger partial charge in [0.25, 0.3) is 11.8 Å². The van der Waals surface area contributed by atoms with Crippen molar-refractivity contribution < 1.29 is 76.6 Å². The Morgan fingerprint density at radius 1 is 0.729 bits per heavy atom. The minimum absolute atomic E-state index is 0.0706. The number of carbonyl (C=O) groups excluding carboxylic acids is 8. The number of nitrogens with zero attached hydrogens (tertiary/aromatic N) is 3. The molecule has 1 saturated heterocycles. The molecular formula is C71H85N9O16. The maximum absolute atomic E-state index is 14.5. The van der Waals surface area contributed by atoms with Gasteiger partial charge in [-0.1, -0.05) is 38.1 Å². The number of carbonyl (C=O) groups is 8. The van der Waals surface area contributed by atoms with E-state index >= 15 is 0 Å². The Hall–Kier alpha value is -9.70. The van der Waals surface area contributed by atoms with Crippen molar-refractivity contribution in [1.29, 1.82) is 0 Å². The predicted octanol–water partition coefficient (Wildman–Crippen LogP) is 7.36. The zero-order valence-electron chi connectivity index (χ0n) is 55.0. The predicted molar refractivity (Wildman–Crippen MR) is 353 cm³/mol. The SMILES string of the molecule is COc1ccc(C2=CN3C(=O)c4cc(OC)c(OCCCCCOc5cc6c(cc5OC)C(=O)N5CC7(CC7)C[C@H]5C(O)N6C(=O)OCc5ccc(NC(=O)[C@H](C)NC(=O)[C@@H](NC(=O)CNC(=O)CNC(=O)OCC6[C@H]7CCC#CCC[C@@H]67)C(C)C)cc5)cc4NC[C@@H]3C2)cc1. The quantitative estimate of drug-likeness (QED) is 0.0239. The van der Waals surface area contributed by atoms with Crippen molar-refractivity contribution in [1.82, 2.24) is 31.1 Å². The number of alkyl carbamates (subject to hydrolysis) is 1. The highest BCUT2D eigenvalue weighted by Crippen LogP contribution is 2.57. The van der Waals surface area contributed by atoms with E-state index in [-0.39, 0.29) is 65.8 Å². The second kappa shape index (κ2) is 29.9. The number of hydrogen-bond donors (Lipinski definition) is 7. The summed E-state index contributed by atoms with van der Waals surface area (Å²) >= 11 is 0. The maximum atomic E-state index is 14.5. The fourth-order valence-electron chi connectivity index (χ4n) is 13.5. The molecule has 3 fully saturated rings. The van der Waals surface area contributed by atoms with Crippen LogP contribution in [0.5, 0.6) is 28.7 Å². The molecule has 0 bridgehead atoms. The van der Waals surface area contributed by atoms with Crippen LogP contribution in [0.15, 0.2) is 79.0 Å². The van der Waals surface area contributed by atoms with Gasteiger partial charge in [0.1, 0.15) is 31.0 Å². The molecule has 3 aliphatic carbocycles. The van der Waals surface area contributed by atoms with E-state index in [0.29, 0.717) is 104 Å². The molecule has 4 aliphatic heterocycles. The average Bonchev–Trinajstić information content (AvgIpc) is 1.57. The van der Waals surface area contributed by atoms with Gasteiger partial charge in [-0.05, 0) is 147 Å². The Balaban J connectivity index is 0.641. The van der Waals surface area contributed by atoms with E-state index in [9.17, 15) is 43.5 Å². The lowest BCUT2D eigenvalue weighted by atomic mass is 10.0. The molecule has 2 saturated carbocycles.